The summed E-state index contributed by atoms with van der Waals surface area (Å²) in [5, 5.41) is 19.0. The molecule has 0 saturated carbocycles. The standard InChI is InChI=1S/C24H26O7/c1-17-3-5-18(6-4-17)8-11-23(27)30-15-21(26)16-31-24(28)12-9-19-7-10-20(14-25)22(13-19)29-2/h3-13,21,25-26H,14-16H2,1-2H3/b11-8+,12-9+. The van der Waals surface area contributed by atoms with Gasteiger partial charge in [-0.2, -0.15) is 0 Å². The van der Waals surface area contributed by atoms with Crippen molar-refractivity contribution in [1.29, 1.82) is 0 Å². The van der Waals surface area contributed by atoms with E-state index in [0.29, 0.717) is 16.9 Å². The molecule has 1 atom stereocenters. The van der Waals surface area contributed by atoms with Crippen molar-refractivity contribution in [3.8, 4) is 5.75 Å². The van der Waals surface area contributed by atoms with Crippen molar-refractivity contribution in [3.05, 3.63) is 76.9 Å². The number of carbonyl (C=O) groups excluding carboxylic acids is 2. The van der Waals surface area contributed by atoms with Gasteiger partial charge in [-0.15, -0.1) is 0 Å². The monoisotopic (exact) mass is 426 g/mol. The van der Waals surface area contributed by atoms with Gasteiger partial charge >= 0.3 is 11.9 Å². The first kappa shape index (κ1) is 23.9. The number of aliphatic hydroxyl groups is 2. The topological polar surface area (TPSA) is 102 Å². The van der Waals surface area contributed by atoms with E-state index in [0.717, 1.165) is 11.1 Å². The van der Waals surface area contributed by atoms with Gasteiger partial charge in [-0.3, -0.25) is 0 Å². The summed E-state index contributed by atoms with van der Waals surface area (Å²) in [6.45, 7) is 1.20. The minimum absolute atomic E-state index is 0.153. The number of hydrogen-bond donors (Lipinski definition) is 2. The molecule has 0 aliphatic rings. The Labute approximate surface area is 181 Å². The van der Waals surface area contributed by atoms with Crippen LogP contribution in [0.3, 0.4) is 0 Å². The third-order valence-electron chi connectivity index (χ3n) is 4.22. The second-order valence-electron chi connectivity index (χ2n) is 6.72. The fourth-order valence-corrected chi connectivity index (χ4v) is 2.50. The van der Waals surface area contributed by atoms with E-state index in [9.17, 15) is 19.8 Å². The van der Waals surface area contributed by atoms with Gasteiger partial charge in [0.1, 0.15) is 25.1 Å². The first-order chi connectivity index (χ1) is 14.9. The Morgan fingerprint density at radius 1 is 0.935 bits per heavy atom. The van der Waals surface area contributed by atoms with Crippen molar-refractivity contribution in [1.82, 2.24) is 0 Å². The summed E-state index contributed by atoms with van der Waals surface area (Å²) >= 11 is 0. The summed E-state index contributed by atoms with van der Waals surface area (Å²) in [5.74, 6) is -0.757. The molecular weight excluding hydrogens is 400 g/mol. The molecule has 0 bridgehead atoms. The predicted octanol–water partition coefficient (Wildman–Crippen LogP) is 2.67. The number of rotatable bonds is 10. The van der Waals surface area contributed by atoms with Crippen LogP contribution in [0.4, 0.5) is 0 Å². The molecule has 0 spiro atoms. The Balaban J connectivity index is 1.73. The Morgan fingerprint density at radius 2 is 1.48 bits per heavy atom. The van der Waals surface area contributed by atoms with Gasteiger partial charge in [0, 0.05) is 17.7 Å². The molecule has 2 N–H and O–H groups in total. The molecule has 0 radical (unpaired) electrons. The molecule has 0 aromatic heterocycles. The van der Waals surface area contributed by atoms with Crippen LogP contribution in [-0.4, -0.2) is 48.6 Å². The number of aryl methyl sites for hydroxylation is 1. The number of hydrogen-bond acceptors (Lipinski definition) is 7. The lowest BCUT2D eigenvalue weighted by atomic mass is 10.1. The van der Waals surface area contributed by atoms with E-state index >= 15 is 0 Å². The van der Waals surface area contributed by atoms with Gasteiger partial charge in [0.2, 0.25) is 0 Å². The highest BCUT2D eigenvalue weighted by atomic mass is 16.6. The smallest absolute Gasteiger partial charge is 0.330 e. The minimum Gasteiger partial charge on any atom is -0.496 e. The van der Waals surface area contributed by atoms with Crippen LogP contribution in [0, 0.1) is 6.92 Å². The maximum atomic E-state index is 11.8. The first-order valence-corrected chi connectivity index (χ1v) is 9.63. The zero-order valence-electron chi connectivity index (χ0n) is 17.5. The van der Waals surface area contributed by atoms with E-state index in [2.05, 4.69) is 0 Å². The minimum atomic E-state index is -1.14. The lowest BCUT2D eigenvalue weighted by molar-refractivity contribution is -0.146. The Kier molecular flexibility index (Phi) is 9.48. The number of esters is 2. The van der Waals surface area contributed by atoms with Crippen LogP contribution in [0.2, 0.25) is 0 Å². The summed E-state index contributed by atoms with van der Waals surface area (Å²) in [5.41, 5.74) is 3.29. The highest BCUT2D eigenvalue weighted by Gasteiger charge is 2.10. The van der Waals surface area contributed by atoms with E-state index in [1.54, 1.807) is 24.3 Å². The summed E-state index contributed by atoms with van der Waals surface area (Å²) in [6, 6.07) is 12.7. The first-order valence-electron chi connectivity index (χ1n) is 9.63. The second kappa shape index (κ2) is 12.3. The number of benzene rings is 2. The molecule has 1 unspecified atom stereocenters. The molecule has 0 aliphatic heterocycles. The highest BCUT2D eigenvalue weighted by Crippen LogP contribution is 2.20. The molecule has 0 heterocycles. The molecule has 0 fully saturated rings. The molecule has 2 aromatic rings. The van der Waals surface area contributed by atoms with Crippen molar-refractivity contribution < 1.29 is 34.0 Å². The summed E-state index contributed by atoms with van der Waals surface area (Å²) in [4.78, 5) is 23.5. The maximum Gasteiger partial charge on any atom is 0.330 e. The normalized spacial score (nSPS) is 12.1. The molecular formula is C24H26O7. The average Bonchev–Trinajstić information content (AvgIpc) is 2.79. The highest BCUT2D eigenvalue weighted by molar-refractivity contribution is 5.87. The second-order valence-corrected chi connectivity index (χ2v) is 6.72. The fraction of sp³-hybridized carbons (Fsp3) is 0.250. The molecule has 7 heteroatoms. The largest absolute Gasteiger partial charge is 0.496 e. The number of carbonyl (C=O) groups is 2. The predicted molar refractivity (Wildman–Crippen MR) is 116 cm³/mol. The SMILES string of the molecule is COc1cc(/C=C/C(=O)OCC(O)COC(=O)/C=C/c2ccc(C)cc2)ccc1CO. The molecule has 0 aliphatic carbocycles. The molecule has 164 valence electrons. The van der Waals surface area contributed by atoms with Crippen LogP contribution < -0.4 is 4.74 Å². The zero-order valence-corrected chi connectivity index (χ0v) is 17.5. The van der Waals surface area contributed by atoms with Gasteiger partial charge < -0.3 is 24.4 Å². The summed E-state index contributed by atoms with van der Waals surface area (Å²) < 4.78 is 15.0. The van der Waals surface area contributed by atoms with Crippen LogP contribution in [-0.2, 0) is 25.7 Å². The van der Waals surface area contributed by atoms with Gasteiger partial charge in [0.25, 0.3) is 0 Å². The molecule has 31 heavy (non-hydrogen) atoms. The van der Waals surface area contributed by atoms with Crippen molar-refractivity contribution in [2.24, 2.45) is 0 Å². The summed E-state index contributed by atoms with van der Waals surface area (Å²) in [7, 11) is 1.49. The van der Waals surface area contributed by atoms with E-state index < -0.39 is 18.0 Å². The molecule has 7 nitrogen and oxygen atoms in total. The molecule has 0 amide bonds. The van der Waals surface area contributed by atoms with Gasteiger partial charge in [-0.05, 0) is 36.3 Å². The van der Waals surface area contributed by atoms with Gasteiger partial charge in [0.15, 0.2) is 0 Å². The lowest BCUT2D eigenvalue weighted by Crippen LogP contribution is -2.24. The van der Waals surface area contributed by atoms with Crippen LogP contribution in [0.15, 0.2) is 54.6 Å². The quantitative estimate of drug-likeness (QED) is 0.445. The van der Waals surface area contributed by atoms with Gasteiger partial charge in [-0.25, -0.2) is 9.59 Å². The average molecular weight is 426 g/mol. The Hall–Kier alpha value is -3.42. The number of aliphatic hydroxyl groups excluding tert-OH is 2. The fourth-order valence-electron chi connectivity index (χ4n) is 2.50. The molecule has 0 saturated heterocycles. The third kappa shape index (κ3) is 8.46. The van der Waals surface area contributed by atoms with E-state index in [1.807, 2.05) is 31.2 Å². The summed E-state index contributed by atoms with van der Waals surface area (Å²) in [6.07, 6.45) is 4.46. The zero-order chi connectivity index (χ0) is 22.6. The van der Waals surface area contributed by atoms with E-state index in [4.69, 9.17) is 14.2 Å². The number of ether oxygens (including phenoxy) is 3. The lowest BCUT2D eigenvalue weighted by Gasteiger charge is -2.10. The maximum absolute atomic E-state index is 11.8. The van der Waals surface area contributed by atoms with E-state index in [-0.39, 0.29) is 19.8 Å². The Morgan fingerprint density at radius 3 is 2.03 bits per heavy atom. The van der Waals surface area contributed by atoms with Crippen LogP contribution in [0.5, 0.6) is 5.75 Å². The molecule has 2 rings (SSSR count). The number of methoxy groups -OCH3 is 1. The van der Waals surface area contributed by atoms with Crippen molar-refractivity contribution in [2.75, 3.05) is 20.3 Å². The van der Waals surface area contributed by atoms with Crippen molar-refractivity contribution >= 4 is 24.1 Å². The Bertz CT molecular complexity index is 929. The van der Waals surface area contributed by atoms with Crippen LogP contribution >= 0.6 is 0 Å². The van der Waals surface area contributed by atoms with Gasteiger partial charge in [-0.1, -0.05) is 42.0 Å². The van der Waals surface area contributed by atoms with Gasteiger partial charge in [0.05, 0.1) is 13.7 Å². The molecule has 2 aromatic carbocycles. The van der Waals surface area contributed by atoms with Crippen LogP contribution in [0.25, 0.3) is 12.2 Å². The van der Waals surface area contributed by atoms with Crippen molar-refractivity contribution in [2.45, 2.75) is 19.6 Å². The third-order valence-corrected chi connectivity index (χ3v) is 4.22. The van der Waals surface area contributed by atoms with E-state index in [1.165, 1.54) is 25.3 Å². The van der Waals surface area contributed by atoms with Crippen molar-refractivity contribution in [3.63, 3.8) is 0 Å². The van der Waals surface area contributed by atoms with Crippen LogP contribution in [0.1, 0.15) is 22.3 Å².